The monoisotopic (exact) mass is 485 g/mol. The molecule has 2 N–H and O–H groups in total. The fourth-order valence-electron chi connectivity index (χ4n) is 5.36. The lowest BCUT2D eigenvalue weighted by molar-refractivity contribution is 0.0355. The lowest BCUT2D eigenvalue weighted by Crippen LogP contribution is -2.49. The van der Waals surface area contributed by atoms with E-state index in [4.69, 9.17) is 0 Å². The third kappa shape index (κ3) is 5.58. The number of benzene rings is 2. The largest absolute Gasteiger partial charge is 0.393 e. The summed E-state index contributed by atoms with van der Waals surface area (Å²) in [5.74, 6) is 0.678. The standard InChI is InChI=1S/C29H35N5O2/c1-21-27(29(36)34-14-10-25(11-15-34)33-16-12-26(35)13-17-33)31-20-32-28(21)30-19-22-6-5-9-24(18-22)23-7-3-2-4-8-23/h2-9,18,20,25-26,35H,10-17,19H2,1H3,(H,30,31,32). The van der Waals surface area contributed by atoms with Gasteiger partial charge in [0.05, 0.1) is 6.10 Å². The van der Waals surface area contributed by atoms with Crippen LogP contribution in [0.3, 0.4) is 0 Å². The predicted octanol–water partition coefficient (Wildman–Crippen LogP) is 4.13. The number of aliphatic hydroxyl groups excluding tert-OH is 1. The number of likely N-dealkylation sites (tertiary alicyclic amines) is 2. The highest BCUT2D eigenvalue weighted by molar-refractivity contribution is 5.94. The van der Waals surface area contributed by atoms with Crippen molar-refractivity contribution in [2.75, 3.05) is 31.5 Å². The molecule has 7 heteroatoms. The van der Waals surface area contributed by atoms with E-state index in [0.29, 0.717) is 24.1 Å². The van der Waals surface area contributed by atoms with E-state index in [0.717, 1.165) is 63.0 Å². The lowest BCUT2D eigenvalue weighted by atomic mass is 9.98. The van der Waals surface area contributed by atoms with Crippen molar-refractivity contribution in [1.82, 2.24) is 19.8 Å². The number of anilines is 1. The predicted molar refractivity (Wildman–Crippen MR) is 142 cm³/mol. The van der Waals surface area contributed by atoms with Gasteiger partial charge in [-0.25, -0.2) is 9.97 Å². The number of carbonyl (C=O) groups is 1. The van der Waals surface area contributed by atoms with Gasteiger partial charge in [-0.05, 0) is 55.4 Å². The van der Waals surface area contributed by atoms with Gasteiger partial charge in [-0.2, -0.15) is 0 Å². The van der Waals surface area contributed by atoms with Crippen LogP contribution in [0.25, 0.3) is 11.1 Å². The average Bonchev–Trinajstić information content (AvgIpc) is 2.93. The van der Waals surface area contributed by atoms with Gasteiger partial charge in [-0.1, -0.05) is 48.5 Å². The first-order chi connectivity index (χ1) is 17.6. The molecular formula is C29H35N5O2. The van der Waals surface area contributed by atoms with Crippen molar-refractivity contribution in [2.45, 2.75) is 51.3 Å². The zero-order chi connectivity index (χ0) is 24.9. The number of piperidine rings is 2. The fourth-order valence-corrected chi connectivity index (χ4v) is 5.36. The molecule has 188 valence electrons. The number of aliphatic hydroxyl groups is 1. The Morgan fingerprint density at radius 1 is 0.944 bits per heavy atom. The molecule has 0 spiro atoms. The molecule has 36 heavy (non-hydrogen) atoms. The summed E-state index contributed by atoms with van der Waals surface area (Å²) in [5, 5.41) is 13.2. The van der Waals surface area contributed by atoms with Crippen LogP contribution in [0.2, 0.25) is 0 Å². The van der Waals surface area contributed by atoms with Crippen molar-refractivity contribution in [3.05, 3.63) is 77.7 Å². The van der Waals surface area contributed by atoms with Crippen molar-refractivity contribution in [1.29, 1.82) is 0 Å². The Morgan fingerprint density at radius 3 is 2.42 bits per heavy atom. The number of rotatable bonds is 6. The van der Waals surface area contributed by atoms with E-state index in [1.54, 1.807) is 0 Å². The molecule has 2 aromatic carbocycles. The Balaban J connectivity index is 1.20. The third-order valence-corrected chi connectivity index (χ3v) is 7.55. The molecule has 2 saturated heterocycles. The maximum Gasteiger partial charge on any atom is 0.272 e. The van der Waals surface area contributed by atoms with Crippen LogP contribution in [-0.2, 0) is 6.54 Å². The highest BCUT2D eigenvalue weighted by Crippen LogP contribution is 2.24. The van der Waals surface area contributed by atoms with Crippen LogP contribution in [0.1, 0.15) is 47.3 Å². The maximum atomic E-state index is 13.3. The van der Waals surface area contributed by atoms with Gasteiger partial charge in [0.2, 0.25) is 0 Å². The van der Waals surface area contributed by atoms with Crippen molar-refractivity contribution >= 4 is 11.7 Å². The number of amides is 1. The van der Waals surface area contributed by atoms with Crippen molar-refractivity contribution in [3.8, 4) is 11.1 Å². The molecule has 2 aliphatic rings. The van der Waals surface area contributed by atoms with Crippen LogP contribution in [-0.4, -0.2) is 69.1 Å². The van der Waals surface area contributed by atoms with E-state index in [2.05, 4.69) is 56.6 Å². The third-order valence-electron chi connectivity index (χ3n) is 7.55. The van der Waals surface area contributed by atoms with Gasteiger partial charge in [0.1, 0.15) is 17.8 Å². The Kier molecular flexibility index (Phi) is 7.58. The summed E-state index contributed by atoms with van der Waals surface area (Å²) in [4.78, 5) is 26.5. The van der Waals surface area contributed by atoms with Crippen molar-refractivity contribution in [2.24, 2.45) is 0 Å². The summed E-state index contributed by atoms with van der Waals surface area (Å²) in [7, 11) is 0. The van der Waals surface area contributed by atoms with Crippen molar-refractivity contribution in [3.63, 3.8) is 0 Å². The summed E-state index contributed by atoms with van der Waals surface area (Å²) < 4.78 is 0. The second kappa shape index (κ2) is 11.2. The lowest BCUT2D eigenvalue weighted by Gasteiger charge is -2.41. The van der Waals surface area contributed by atoms with Crippen LogP contribution in [0.4, 0.5) is 5.82 Å². The van der Waals surface area contributed by atoms with Crippen LogP contribution < -0.4 is 5.32 Å². The smallest absolute Gasteiger partial charge is 0.272 e. The summed E-state index contributed by atoms with van der Waals surface area (Å²) >= 11 is 0. The fraction of sp³-hybridized carbons (Fsp3) is 0.414. The molecule has 2 aliphatic heterocycles. The molecule has 0 bridgehead atoms. The number of hydrogen-bond acceptors (Lipinski definition) is 6. The minimum atomic E-state index is -0.153. The molecule has 2 fully saturated rings. The summed E-state index contributed by atoms with van der Waals surface area (Å²) in [6.07, 6.45) is 4.97. The second-order valence-electron chi connectivity index (χ2n) is 9.91. The molecule has 5 rings (SSSR count). The minimum absolute atomic E-state index is 0.0171. The van der Waals surface area contributed by atoms with Gasteiger partial charge in [0, 0.05) is 44.3 Å². The van der Waals surface area contributed by atoms with E-state index in [-0.39, 0.29) is 12.0 Å². The Bertz CT molecular complexity index is 1170. The van der Waals surface area contributed by atoms with Gasteiger partial charge in [0.25, 0.3) is 5.91 Å². The van der Waals surface area contributed by atoms with E-state index in [1.807, 2.05) is 30.0 Å². The normalized spacial score (nSPS) is 17.8. The van der Waals surface area contributed by atoms with E-state index < -0.39 is 0 Å². The maximum absolute atomic E-state index is 13.3. The molecule has 0 atom stereocenters. The number of carbonyl (C=O) groups excluding carboxylic acids is 1. The first-order valence-electron chi connectivity index (χ1n) is 13.0. The van der Waals surface area contributed by atoms with Crippen LogP contribution in [0.15, 0.2) is 60.9 Å². The van der Waals surface area contributed by atoms with Gasteiger partial charge in [0.15, 0.2) is 0 Å². The molecule has 1 aromatic heterocycles. The molecular weight excluding hydrogens is 450 g/mol. The first kappa shape index (κ1) is 24.4. The summed E-state index contributed by atoms with van der Waals surface area (Å²) in [5.41, 5.74) is 4.77. The molecule has 0 aliphatic carbocycles. The molecule has 0 unspecified atom stereocenters. The number of hydrogen-bond donors (Lipinski definition) is 2. The summed E-state index contributed by atoms with van der Waals surface area (Å²) in [6.45, 7) is 5.91. The SMILES string of the molecule is Cc1c(NCc2cccc(-c3ccccc3)c2)ncnc1C(=O)N1CCC(N2CCC(O)CC2)CC1. The Labute approximate surface area is 213 Å². The van der Waals surface area contributed by atoms with Crippen molar-refractivity contribution < 1.29 is 9.90 Å². The molecule has 1 amide bonds. The van der Waals surface area contributed by atoms with Crippen LogP contribution >= 0.6 is 0 Å². The van der Waals surface area contributed by atoms with E-state index in [9.17, 15) is 9.90 Å². The zero-order valence-electron chi connectivity index (χ0n) is 20.9. The number of aromatic nitrogens is 2. The molecule has 7 nitrogen and oxygen atoms in total. The quantitative estimate of drug-likeness (QED) is 0.547. The van der Waals surface area contributed by atoms with Crippen LogP contribution in [0, 0.1) is 6.92 Å². The highest BCUT2D eigenvalue weighted by atomic mass is 16.3. The van der Waals surface area contributed by atoms with E-state index >= 15 is 0 Å². The van der Waals surface area contributed by atoms with Gasteiger partial charge in [-0.3, -0.25) is 4.79 Å². The van der Waals surface area contributed by atoms with E-state index in [1.165, 1.54) is 17.5 Å². The molecule has 3 heterocycles. The summed E-state index contributed by atoms with van der Waals surface area (Å²) in [6, 6.07) is 19.3. The number of nitrogens with zero attached hydrogens (tertiary/aromatic N) is 4. The molecule has 3 aromatic rings. The van der Waals surface area contributed by atoms with Gasteiger partial charge < -0.3 is 20.2 Å². The topological polar surface area (TPSA) is 81.6 Å². The minimum Gasteiger partial charge on any atom is -0.393 e. The zero-order valence-corrected chi connectivity index (χ0v) is 20.9. The average molecular weight is 486 g/mol. The first-order valence-corrected chi connectivity index (χ1v) is 13.0. The Hall–Kier alpha value is -3.29. The number of nitrogens with one attached hydrogen (secondary N) is 1. The Morgan fingerprint density at radius 2 is 1.67 bits per heavy atom. The highest BCUT2D eigenvalue weighted by Gasteiger charge is 2.30. The molecule has 0 saturated carbocycles. The second-order valence-corrected chi connectivity index (χ2v) is 9.91. The van der Waals surface area contributed by atoms with Crippen LogP contribution in [0.5, 0.6) is 0 Å². The van der Waals surface area contributed by atoms with Gasteiger partial charge >= 0.3 is 0 Å². The molecule has 0 radical (unpaired) electrons. The van der Waals surface area contributed by atoms with Gasteiger partial charge in [-0.15, -0.1) is 0 Å².